The number of aromatic nitrogens is 2. The van der Waals surface area contributed by atoms with Crippen molar-refractivity contribution in [3.05, 3.63) is 42.7 Å². The van der Waals surface area contributed by atoms with Gasteiger partial charge < -0.3 is 5.32 Å². The van der Waals surface area contributed by atoms with Crippen LogP contribution in [0.15, 0.2) is 42.7 Å². The summed E-state index contributed by atoms with van der Waals surface area (Å²) >= 11 is 0. The molecule has 21 heavy (non-hydrogen) atoms. The lowest BCUT2D eigenvalue weighted by molar-refractivity contribution is 0.312. The number of para-hydroxylation sites is 1. The van der Waals surface area contributed by atoms with E-state index in [0.717, 1.165) is 24.0 Å². The number of anilines is 1. The van der Waals surface area contributed by atoms with Gasteiger partial charge in [0.05, 0.1) is 0 Å². The molecule has 2 aromatic rings. The highest BCUT2D eigenvalue weighted by Crippen LogP contribution is 2.29. The molecule has 1 atom stereocenters. The molecule has 3 nitrogen and oxygen atoms in total. The number of nitrogens with zero attached hydrogens (tertiary/aromatic N) is 2. The average Bonchev–Trinajstić information content (AvgIpc) is 3.02. The molecule has 0 bridgehead atoms. The second-order valence-electron chi connectivity index (χ2n) is 6.01. The van der Waals surface area contributed by atoms with Gasteiger partial charge in [-0.25, -0.2) is 4.98 Å². The third-order valence-electron chi connectivity index (χ3n) is 4.65. The molecule has 1 unspecified atom stereocenters. The van der Waals surface area contributed by atoms with Crippen LogP contribution in [-0.4, -0.2) is 15.6 Å². The SMILES string of the molecule is CCC(Nc1nccn1-c1ccccc1)C1CCCCC1. The zero-order chi connectivity index (χ0) is 14.5. The van der Waals surface area contributed by atoms with Crippen LogP contribution in [0.25, 0.3) is 5.69 Å². The first-order valence-electron chi connectivity index (χ1n) is 8.24. The van der Waals surface area contributed by atoms with Crippen LogP contribution in [0.2, 0.25) is 0 Å². The maximum Gasteiger partial charge on any atom is 0.207 e. The molecule has 1 aliphatic carbocycles. The Bertz CT molecular complexity index is 541. The lowest BCUT2D eigenvalue weighted by atomic mass is 9.83. The Morgan fingerprint density at radius 3 is 2.67 bits per heavy atom. The summed E-state index contributed by atoms with van der Waals surface area (Å²) in [7, 11) is 0. The fourth-order valence-electron chi connectivity index (χ4n) is 3.46. The molecule has 0 spiro atoms. The van der Waals surface area contributed by atoms with E-state index in [1.54, 1.807) is 0 Å². The minimum atomic E-state index is 0.537. The predicted octanol–water partition coefficient (Wildman–Crippen LogP) is 4.64. The zero-order valence-corrected chi connectivity index (χ0v) is 12.8. The summed E-state index contributed by atoms with van der Waals surface area (Å²) in [5.41, 5.74) is 1.16. The number of benzene rings is 1. The van der Waals surface area contributed by atoms with Crippen molar-refractivity contribution in [3.63, 3.8) is 0 Å². The van der Waals surface area contributed by atoms with E-state index < -0.39 is 0 Å². The molecular weight excluding hydrogens is 258 g/mol. The lowest BCUT2D eigenvalue weighted by Gasteiger charge is -2.30. The smallest absolute Gasteiger partial charge is 0.207 e. The summed E-state index contributed by atoms with van der Waals surface area (Å²) in [4.78, 5) is 4.53. The highest BCUT2D eigenvalue weighted by molar-refractivity contribution is 5.42. The topological polar surface area (TPSA) is 29.9 Å². The van der Waals surface area contributed by atoms with E-state index in [-0.39, 0.29) is 0 Å². The van der Waals surface area contributed by atoms with Gasteiger partial charge in [-0.2, -0.15) is 0 Å². The predicted molar refractivity (Wildman–Crippen MR) is 87.8 cm³/mol. The van der Waals surface area contributed by atoms with Gasteiger partial charge in [-0.1, -0.05) is 44.4 Å². The summed E-state index contributed by atoms with van der Waals surface area (Å²) in [6.45, 7) is 2.28. The number of nitrogens with one attached hydrogen (secondary N) is 1. The summed E-state index contributed by atoms with van der Waals surface area (Å²) in [5.74, 6) is 1.77. The van der Waals surface area contributed by atoms with E-state index in [1.807, 2.05) is 18.5 Å². The van der Waals surface area contributed by atoms with Gasteiger partial charge in [0.1, 0.15) is 0 Å². The summed E-state index contributed by atoms with van der Waals surface area (Å²) in [5, 5.41) is 3.70. The van der Waals surface area contributed by atoms with Gasteiger partial charge in [-0.15, -0.1) is 0 Å². The first-order chi connectivity index (χ1) is 10.4. The Balaban J connectivity index is 1.76. The monoisotopic (exact) mass is 283 g/mol. The van der Waals surface area contributed by atoms with E-state index in [2.05, 4.69) is 46.1 Å². The van der Waals surface area contributed by atoms with Crippen molar-refractivity contribution in [3.8, 4) is 5.69 Å². The Hall–Kier alpha value is -1.77. The van der Waals surface area contributed by atoms with Crippen LogP contribution in [0, 0.1) is 5.92 Å². The molecule has 1 saturated carbocycles. The molecule has 1 aromatic heterocycles. The Morgan fingerprint density at radius 2 is 1.95 bits per heavy atom. The van der Waals surface area contributed by atoms with Crippen molar-refractivity contribution < 1.29 is 0 Å². The van der Waals surface area contributed by atoms with Crippen LogP contribution in [0.4, 0.5) is 5.95 Å². The van der Waals surface area contributed by atoms with Gasteiger partial charge >= 0.3 is 0 Å². The van der Waals surface area contributed by atoms with Gasteiger partial charge in [0.15, 0.2) is 0 Å². The van der Waals surface area contributed by atoms with E-state index in [0.29, 0.717) is 6.04 Å². The fourth-order valence-corrected chi connectivity index (χ4v) is 3.46. The zero-order valence-electron chi connectivity index (χ0n) is 12.8. The molecule has 1 aliphatic rings. The van der Waals surface area contributed by atoms with E-state index in [4.69, 9.17) is 0 Å². The second kappa shape index (κ2) is 6.79. The highest BCUT2D eigenvalue weighted by Gasteiger charge is 2.23. The molecule has 112 valence electrons. The van der Waals surface area contributed by atoms with Crippen molar-refractivity contribution in [1.29, 1.82) is 0 Å². The molecule has 1 heterocycles. The molecule has 1 N–H and O–H groups in total. The number of hydrogen-bond acceptors (Lipinski definition) is 2. The van der Waals surface area contributed by atoms with Gasteiger partial charge in [-0.3, -0.25) is 4.57 Å². The van der Waals surface area contributed by atoms with Crippen molar-refractivity contribution in [2.45, 2.75) is 51.5 Å². The largest absolute Gasteiger partial charge is 0.352 e. The molecule has 0 aliphatic heterocycles. The highest BCUT2D eigenvalue weighted by atomic mass is 15.2. The first-order valence-corrected chi connectivity index (χ1v) is 8.24. The van der Waals surface area contributed by atoms with Crippen LogP contribution in [-0.2, 0) is 0 Å². The summed E-state index contributed by atoms with van der Waals surface area (Å²) < 4.78 is 2.14. The summed E-state index contributed by atoms with van der Waals surface area (Å²) in [6.07, 6.45) is 12.0. The third kappa shape index (κ3) is 3.29. The molecular formula is C18H25N3. The van der Waals surface area contributed by atoms with Crippen molar-refractivity contribution >= 4 is 5.95 Å². The van der Waals surface area contributed by atoms with Gasteiger partial charge in [0.25, 0.3) is 0 Å². The number of hydrogen-bond donors (Lipinski definition) is 1. The fraction of sp³-hybridized carbons (Fsp3) is 0.500. The van der Waals surface area contributed by atoms with Gasteiger partial charge in [0.2, 0.25) is 5.95 Å². The van der Waals surface area contributed by atoms with Gasteiger partial charge in [-0.05, 0) is 37.3 Å². The van der Waals surface area contributed by atoms with Crippen LogP contribution in [0.1, 0.15) is 45.4 Å². The minimum Gasteiger partial charge on any atom is -0.352 e. The molecule has 3 rings (SSSR count). The molecule has 1 aromatic carbocycles. The van der Waals surface area contributed by atoms with Crippen molar-refractivity contribution in [1.82, 2.24) is 9.55 Å². The Kier molecular flexibility index (Phi) is 4.59. The maximum atomic E-state index is 4.53. The minimum absolute atomic E-state index is 0.537. The molecule has 0 amide bonds. The van der Waals surface area contributed by atoms with Crippen LogP contribution >= 0.6 is 0 Å². The average molecular weight is 283 g/mol. The van der Waals surface area contributed by atoms with E-state index in [9.17, 15) is 0 Å². The molecule has 0 radical (unpaired) electrons. The van der Waals surface area contributed by atoms with E-state index in [1.165, 1.54) is 32.1 Å². The lowest BCUT2D eigenvalue weighted by Crippen LogP contribution is -2.31. The standard InChI is InChI=1S/C18H25N3/c1-2-17(15-9-5-3-6-10-15)20-18-19-13-14-21(18)16-11-7-4-8-12-16/h4,7-8,11-15,17H,2-3,5-6,9-10H2,1H3,(H,19,20). The quantitative estimate of drug-likeness (QED) is 0.866. The van der Waals surface area contributed by atoms with Crippen molar-refractivity contribution in [2.24, 2.45) is 5.92 Å². The molecule has 3 heteroatoms. The molecule has 0 saturated heterocycles. The van der Waals surface area contributed by atoms with Crippen LogP contribution < -0.4 is 5.32 Å². The second-order valence-corrected chi connectivity index (χ2v) is 6.01. The normalized spacial score (nSPS) is 17.6. The molecule has 1 fully saturated rings. The van der Waals surface area contributed by atoms with Crippen LogP contribution in [0.5, 0.6) is 0 Å². The first kappa shape index (κ1) is 14.2. The van der Waals surface area contributed by atoms with Crippen LogP contribution in [0.3, 0.4) is 0 Å². The van der Waals surface area contributed by atoms with Gasteiger partial charge in [0, 0.05) is 24.1 Å². The van der Waals surface area contributed by atoms with E-state index >= 15 is 0 Å². The number of rotatable bonds is 5. The third-order valence-corrected chi connectivity index (χ3v) is 4.65. The summed E-state index contributed by atoms with van der Waals surface area (Å²) in [6, 6.07) is 11.0. The van der Waals surface area contributed by atoms with Crippen molar-refractivity contribution in [2.75, 3.05) is 5.32 Å². The Labute approximate surface area is 127 Å². The Morgan fingerprint density at radius 1 is 1.19 bits per heavy atom. The number of imidazole rings is 1. The maximum absolute atomic E-state index is 4.53.